The van der Waals surface area contributed by atoms with E-state index in [1.54, 1.807) is 14.2 Å². The van der Waals surface area contributed by atoms with E-state index in [4.69, 9.17) is 28.4 Å². The first-order valence-electron chi connectivity index (χ1n) is 7.11. The minimum absolute atomic E-state index is 0.173. The lowest BCUT2D eigenvalue weighted by molar-refractivity contribution is -0.144. The zero-order chi connectivity index (χ0) is 15.1. The lowest BCUT2D eigenvalue weighted by Gasteiger charge is -2.20. The molecule has 0 aromatic heterocycles. The van der Waals surface area contributed by atoms with Crippen molar-refractivity contribution in [1.82, 2.24) is 0 Å². The summed E-state index contributed by atoms with van der Waals surface area (Å²) < 4.78 is 31.9. The van der Waals surface area contributed by atoms with Crippen LogP contribution in [0, 0.1) is 5.92 Å². The molecule has 0 rings (SSSR count). The Labute approximate surface area is 122 Å². The third-order valence-corrected chi connectivity index (χ3v) is 2.54. The van der Waals surface area contributed by atoms with Gasteiger partial charge in [0, 0.05) is 26.7 Å². The van der Waals surface area contributed by atoms with E-state index >= 15 is 0 Å². The van der Waals surface area contributed by atoms with E-state index in [9.17, 15) is 0 Å². The topological polar surface area (TPSA) is 55.4 Å². The maximum absolute atomic E-state index is 5.61. The molecule has 0 bridgehead atoms. The highest BCUT2D eigenvalue weighted by molar-refractivity contribution is 4.57. The molecular formula is C14H30O6. The average Bonchev–Trinajstić information content (AvgIpc) is 2.44. The fraction of sp³-hybridized carbons (Fsp3) is 1.00. The van der Waals surface area contributed by atoms with Gasteiger partial charge in [0.15, 0.2) is 6.29 Å². The first-order chi connectivity index (χ1) is 9.74. The van der Waals surface area contributed by atoms with E-state index in [1.807, 2.05) is 13.8 Å². The third-order valence-electron chi connectivity index (χ3n) is 2.54. The minimum Gasteiger partial charge on any atom is -0.382 e. The summed E-state index contributed by atoms with van der Waals surface area (Å²) in [6, 6.07) is 0. The van der Waals surface area contributed by atoms with Crippen LogP contribution in [-0.4, -0.2) is 73.4 Å². The number of methoxy groups -OCH3 is 2. The van der Waals surface area contributed by atoms with Crippen molar-refractivity contribution in [3.8, 4) is 0 Å². The molecule has 0 aliphatic carbocycles. The Kier molecular flexibility index (Phi) is 15.0. The summed E-state index contributed by atoms with van der Waals surface area (Å²) in [5.74, 6) is 0.173. The van der Waals surface area contributed by atoms with Crippen LogP contribution in [0.15, 0.2) is 0 Å². The first kappa shape index (κ1) is 19.8. The molecule has 0 N–H and O–H groups in total. The number of hydrogen-bond donors (Lipinski definition) is 0. The molecule has 0 fully saturated rings. The zero-order valence-corrected chi connectivity index (χ0v) is 13.3. The van der Waals surface area contributed by atoms with E-state index in [1.165, 1.54) is 0 Å². The van der Waals surface area contributed by atoms with Gasteiger partial charge in [0.1, 0.15) is 0 Å². The van der Waals surface area contributed by atoms with Gasteiger partial charge in [0.25, 0.3) is 0 Å². The molecule has 6 heteroatoms. The molecule has 0 aromatic carbocycles. The summed E-state index contributed by atoms with van der Waals surface area (Å²) in [5.41, 5.74) is 0. The van der Waals surface area contributed by atoms with Crippen molar-refractivity contribution in [3.63, 3.8) is 0 Å². The molecule has 20 heavy (non-hydrogen) atoms. The Balaban J connectivity index is 3.84. The van der Waals surface area contributed by atoms with Crippen molar-refractivity contribution >= 4 is 0 Å². The highest BCUT2D eigenvalue weighted by Gasteiger charge is 2.12. The summed E-state index contributed by atoms with van der Waals surface area (Å²) in [6.45, 7) is 8.50. The summed E-state index contributed by atoms with van der Waals surface area (Å²) >= 11 is 0. The van der Waals surface area contributed by atoms with Gasteiger partial charge in [0.05, 0.1) is 46.2 Å². The SMILES string of the molecule is CCOC(C)OCC(COCCOC)COCCOC. The van der Waals surface area contributed by atoms with Crippen LogP contribution < -0.4 is 0 Å². The van der Waals surface area contributed by atoms with Gasteiger partial charge in [-0.05, 0) is 13.8 Å². The molecule has 0 aromatic rings. The van der Waals surface area contributed by atoms with Gasteiger partial charge in [-0.2, -0.15) is 0 Å². The predicted molar refractivity (Wildman–Crippen MR) is 75.9 cm³/mol. The van der Waals surface area contributed by atoms with Crippen molar-refractivity contribution in [3.05, 3.63) is 0 Å². The van der Waals surface area contributed by atoms with Crippen molar-refractivity contribution in [2.24, 2.45) is 5.92 Å². The minimum atomic E-state index is -0.208. The van der Waals surface area contributed by atoms with Crippen LogP contribution in [0.3, 0.4) is 0 Å². The van der Waals surface area contributed by atoms with Crippen LogP contribution >= 0.6 is 0 Å². The fourth-order valence-corrected chi connectivity index (χ4v) is 1.48. The molecule has 0 saturated heterocycles. The zero-order valence-electron chi connectivity index (χ0n) is 13.3. The Morgan fingerprint density at radius 1 is 0.750 bits per heavy atom. The molecule has 1 atom stereocenters. The smallest absolute Gasteiger partial charge is 0.154 e. The molecule has 0 heterocycles. The van der Waals surface area contributed by atoms with E-state index in [0.29, 0.717) is 52.9 Å². The Morgan fingerprint density at radius 3 is 1.75 bits per heavy atom. The fourth-order valence-electron chi connectivity index (χ4n) is 1.48. The van der Waals surface area contributed by atoms with Crippen LogP contribution in [-0.2, 0) is 28.4 Å². The largest absolute Gasteiger partial charge is 0.382 e. The molecule has 0 aliphatic rings. The second-order valence-electron chi connectivity index (χ2n) is 4.36. The van der Waals surface area contributed by atoms with Crippen LogP contribution in [0.25, 0.3) is 0 Å². The van der Waals surface area contributed by atoms with Crippen molar-refractivity contribution < 1.29 is 28.4 Å². The second-order valence-corrected chi connectivity index (χ2v) is 4.36. The molecule has 122 valence electrons. The van der Waals surface area contributed by atoms with E-state index in [2.05, 4.69) is 0 Å². The van der Waals surface area contributed by atoms with Crippen LogP contribution in [0.5, 0.6) is 0 Å². The molecule has 0 amide bonds. The lowest BCUT2D eigenvalue weighted by atomic mass is 10.2. The van der Waals surface area contributed by atoms with E-state index < -0.39 is 0 Å². The Morgan fingerprint density at radius 2 is 1.30 bits per heavy atom. The molecule has 0 spiro atoms. The standard InChI is InChI=1S/C14H30O6/c1-5-19-13(2)20-12-14(10-17-8-6-15-3)11-18-9-7-16-4/h13-14H,5-12H2,1-4H3. The van der Waals surface area contributed by atoms with E-state index in [0.717, 1.165) is 0 Å². The second kappa shape index (κ2) is 15.2. The van der Waals surface area contributed by atoms with Gasteiger partial charge >= 0.3 is 0 Å². The van der Waals surface area contributed by atoms with Gasteiger partial charge in [0.2, 0.25) is 0 Å². The molecule has 6 nitrogen and oxygen atoms in total. The molecule has 0 saturated carbocycles. The van der Waals surface area contributed by atoms with Crippen LogP contribution in [0.2, 0.25) is 0 Å². The summed E-state index contributed by atoms with van der Waals surface area (Å²) in [5, 5.41) is 0. The van der Waals surface area contributed by atoms with Crippen LogP contribution in [0.4, 0.5) is 0 Å². The molecule has 0 aliphatic heterocycles. The highest BCUT2D eigenvalue weighted by atomic mass is 16.7. The van der Waals surface area contributed by atoms with Gasteiger partial charge in [-0.3, -0.25) is 0 Å². The van der Waals surface area contributed by atoms with E-state index in [-0.39, 0.29) is 12.2 Å². The van der Waals surface area contributed by atoms with Gasteiger partial charge in [-0.25, -0.2) is 0 Å². The third kappa shape index (κ3) is 12.8. The molecule has 0 radical (unpaired) electrons. The Hall–Kier alpha value is -0.240. The summed E-state index contributed by atoms with van der Waals surface area (Å²) in [4.78, 5) is 0. The van der Waals surface area contributed by atoms with Crippen molar-refractivity contribution in [1.29, 1.82) is 0 Å². The average molecular weight is 294 g/mol. The molecular weight excluding hydrogens is 264 g/mol. The van der Waals surface area contributed by atoms with Gasteiger partial charge in [-0.1, -0.05) is 0 Å². The number of ether oxygens (including phenoxy) is 6. The number of hydrogen-bond acceptors (Lipinski definition) is 6. The monoisotopic (exact) mass is 294 g/mol. The first-order valence-corrected chi connectivity index (χ1v) is 7.11. The highest BCUT2D eigenvalue weighted by Crippen LogP contribution is 2.04. The van der Waals surface area contributed by atoms with Gasteiger partial charge < -0.3 is 28.4 Å². The maximum atomic E-state index is 5.61. The molecule has 1 unspecified atom stereocenters. The van der Waals surface area contributed by atoms with Crippen molar-refractivity contribution in [2.45, 2.75) is 20.1 Å². The Bertz CT molecular complexity index is 179. The van der Waals surface area contributed by atoms with Gasteiger partial charge in [-0.15, -0.1) is 0 Å². The maximum Gasteiger partial charge on any atom is 0.154 e. The van der Waals surface area contributed by atoms with Crippen LogP contribution in [0.1, 0.15) is 13.8 Å². The summed E-state index contributed by atoms with van der Waals surface area (Å²) in [6.07, 6.45) is -0.208. The van der Waals surface area contributed by atoms with Crippen molar-refractivity contribution in [2.75, 3.05) is 67.1 Å². The summed E-state index contributed by atoms with van der Waals surface area (Å²) in [7, 11) is 3.31. The quantitative estimate of drug-likeness (QED) is 0.335. The normalized spacial score (nSPS) is 13.1. The number of rotatable bonds is 15. The predicted octanol–water partition coefficient (Wildman–Crippen LogP) is 1.33. The lowest BCUT2D eigenvalue weighted by Crippen LogP contribution is -2.26.